The van der Waals surface area contributed by atoms with E-state index >= 15 is 0 Å². The zero-order chi connectivity index (χ0) is 20.0. The minimum Gasteiger partial charge on any atom is -0.444 e. The van der Waals surface area contributed by atoms with Gasteiger partial charge < -0.3 is 15.0 Å². The van der Waals surface area contributed by atoms with E-state index in [4.69, 9.17) is 16.3 Å². The SMILES string of the molecule is CC(C)(C)OC(=O)N1CCN(CCCNC(=O)c2ccc(F)cc2Cl)CC1. The number of rotatable bonds is 5. The normalized spacial score (nSPS) is 15.5. The molecule has 0 bridgehead atoms. The summed E-state index contributed by atoms with van der Waals surface area (Å²) >= 11 is 5.89. The first-order valence-electron chi connectivity index (χ1n) is 9.09. The topological polar surface area (TPSA) is 61.9 Å². The molecule has 0 saturated carbocycles. The van der Waals surface area contributed by atoms with Crippen LogP contribution in [-0.4, -0.2) is 66.7 Å². The minimum atomic E-state index is -0.486. The molecule has 1 aliphatic rings. The average molecular weight is 400 g/mol. The number of ether oxygens (including phenoxy) is 1. The molecule has 0 aliphatic carbocycles. The van der Waals surface area contributed by atoms with Crippen LogP contribution in [0.4, 0.5) is 9.18 Å². The number of hydrogen-bond acceptors (Lipinski definition) is 4. The van der Waals surface area contributed by atoms with Crippen molar-refractivity contribution in [2.45, 2.75) is 32.8 Å². The summed E-state index contributed by atoms with van der Waals surface area (Å²) in [6.07, 6.45) is 0.502. The van der Waals surface area contributed by atoms with Crippen molar-refractivity contribution in [2.75, 3.05) is 39.3 Å². The average Bonchev–Trinajstić information content (AvgIpc) is 2.57. The lowest BCUT2D eigenvalue weighted by Crippen LogP contribution is -2.50. The minimum absolute atomic E-state index is 0.103. The van der Waals surface area contributed by atoms with Crippen LogP contribution in [0.25, 0.3) is 0 Å². The van der Waals surface area contributed by atoms with Crippen molar-refractivity contribution < 1.29 is 18.7 Å². The Bertz CT molecular complexity index is 671. The van der Waals surface area contributed by atoms with E-state index in [1.54, 1.807) is 4.90 Å². The highest BCUT2D eigenvalue weighted by molar-refractivity contribution is 6.33. The van der Waals surface area contributed by atoms with Gasteiger partial charge in [-0.2, -0.15) is 0 Å². The number of halogens is 2. The lowest BCUT2D eigenvalue weighted by molar-refractivity contribution is 0.0144. The Morgan fingerprint density at radius 1 is 1.22 bits per heavy atom. The second-order valence-electron chi connectivity index (χ2n) is 7.54. The Balaban J connectivity index is 1.66. The van der Waals surface area contributed by atoms with Crippen molar-refractivity contribution >= 4 is 23.6 Å². The summed E-state index contributed by atoms with van der Waals surface area (Å²) in [6.45, 7) is 9.70. The van der Waals surface area contributed by atoms with Gasteiger partial charge in [-0.3, -0.25) is 9.69 Å². The van der Waals surface area contributed by atoms with Crippen LogP contribution >= 0.6 is 11.6 Å². The zero-order valence-corrected chi connectivity index (χ0v) is 16.8. The van der Waals surface area contributed by atoms with E-state index in [0.29, 0.717) is 19.6 Å². The van der Waals surface area contributed by atoms with Crippen molar-refractivity contribution in [3.8, 4) is 0 Å². The van der Waals surface area contributed by atoms with Crippen molar-refractivity contribution in [2.24, 2.45) is 0 Å². The summed E-state index contributed by atoms with van der Waals surface area (Å²) in [7, 11) is 0. The molecule has 0 spiro atoms. The second kappa shape index (κ2) is 9.37. The van der Waals surface area contributed by atoms with E-state index in [1.807, 2.05) is 20.8 Å². The third kappa shape index (κ3) is 6.99. The quantitative estimate of drug-likeness (QED) is 0.772. The maximum atomic E-state index is 13.0. The van der Waals surface area contributed by atoms with Crippen LogP contribution in [0.2, 0.25) is 5.02 Å². The summed E-state index contributed by atoms with van der Waals surface area (Å²) in [4.78, 5) is 28.1. The molecule has 150 valence electrons. The van der Waals surface area contributed by atoms with Crippen LogP contribution in [0, 0.1) is 5.82 Å². The molecule has 1 heterocycles. The van der Waals surface area contributed by atoms with Gasteiger partial charge in [-0.05, 0) is 51.9 Å². The monoisotopic (exact) mass is 399 g/mol. The predicted molar refractivity (Wildman–Crippen MR) is 103 cm³/mol. The van der Waals surface area contributed by atoms with Crippen LogP contribution in [0.5, 0.6) is 0 Å². The summed E-state index contributed by atoms with van der Waals surface area (Å²) in [5.74, 6) is -0.781. The molecule has 1 aromatic carbocycles. The van der Waals surface area contributed by atoms with Gasteiger partial charge in [0, 0.05) is 32.7 Å². The predicted octanol–water partition coefficient (Wildman–Crippen LogP) is 3.15. The summed E-state index contributed by atoms with van der Waals surface area (Å²) in [5, 5.41) is 2.90. The molecule has 8 heteroatoms. The lowest BCUT2D eigenvalue weighted by atomic mass is 10.2. The van der Waals surface area contributed by atoms with E-state index in [2.05, 4.69) is 10.2 Å². The Kier molecular flexibility index (Phi) is 7.44. The number of piperazine rings is 1. The Labute approximate surface area is 164 Å². The number of benzene rings is 1. The molecular weight excluding hydrogens is 373 g/mol. The standard InChI is InChI=1S/C19H27ClFN3O3/c1-19(2,3)27-18(26)24-11-9-23(10-12-24)8-4-7-22-17(25)15-6-5-14(21)13-16(15)20/h5-6,13H,4,7-12H2,1-3H3,(H,22,25). The first-order valence-corrected chi connectivity index (χ1v) is 9.47. The Morgan fingerprint density at radius 3 is 2.48 bits per heavy atom. The maximum absolute atomic E-state index is 13.0. The fraction of sp³-hybridized carbons (Fsp3) is 0.579. The van der Waals surface area contributed by atoms with Gasteiger partial charge in [0.15, 0.2) is 0 Å². The van der Waals surface area contributed by atoms with Gasteiger partial charge in [0.05, 0.1) is 10.6 Å². The van der Waals surface area contributed by atoms with Gasteiger partial charge in [0.1, 0.15) is 11.4 Å². The van der Waals surface area contributed by atoms with E-state index < -0.39 is 11.4 Å². The van der Waals surface area contributed by atoms with Gasteiger partial charge in [0.25, 0.3) is 5.91 Å². The summed E-state index contributed by atoms with van der Waals surface area (Å²) in [6, 6.07) is 3.72. The van der Waals surface area contributed by atoms with Crippen LogP contribution in [-0.2, 0) is 4.74 Å². The van der Waals surface area contributed by atoms with Crippen LogP contribution in [0.15, 0.2) is 18.2 Å². The molecule has 1 aliphatic heterocycles. The fourth-order valence-corrected chi connectivity index (χ4v) is 3.01. The molecule has 1 aromatic rings. The van der Waals surface area contributed by atoms with E-state index in [1.165, 1.54) is 12.1 Å². The summed E-state index contributed by atoms with van der Waals surface area (Å²) < 4.78 is 18.4. The third-order valence-corrected chi connectivity index (χ3v) is 4.45. The highest BCUT2D eigenvalue weighted by Crippen LogP contribution is 2.17. The smallest absolute Gasteiger partial charge is 0.410 e. The van der Waals surface area contributed by atoms with E-state index in [0.717, 1.165) is 32.1 Å². The number of carbonyl (C=O) groups is 2. The first-order chi connectivity index (χ1) is 12.7. The Morgan fingerprint density at radius 2 is 1.89 bits per heavy atom. The van der Waals surface area contributed by atoms with Crippen molar-refractivity contribution in [3.05, 3.63) is 34.6 Å². The molecule has 2 rings (SSSR count). The maximum Gasteiger partial charge on any atom is 0.410 e. The van der Waals surface area contributed by atoms with Crippen LogP contribution in [0.3, 0.4) is 0 Å². The molecule has 2 amide bonds. The molecule has 1 fully saturated rings. The molecule has 6 nitrogen and oxygen atoms in total. The van der Waals surface area contributed by atoms with Crippen LogP contribution in [0.1, 0.15) is 37.6 Å². The largest absolute Gasteiger partial charge is 0.444 e. The summed E-state index contributed by atoms with van der Waals surface area (Å²) in [5.41, 5.74) is -0.219. The molecule has 0 radical (unpaired) electrons. The van der Waals surface area contributed by atoms with Crippen molar-refractivity contribution in [1.82, 2.24) is 15.1 Å². The first kappa shape index (κ1) is 21.4. The van der Waals surface area contributed by atoms with Crippen molar-refractivity contribution in [1.29, 1.82) is 0 Å². The number of amides is 2. The fourth-order valence-electron chi connectivity index (χ4n) is 2.75. The highest BCUT2D eigenvalue weighted by atomic mass is 35.5. The van der Waals surface area contributed by atoms with E-state index in [-0.39, 0.29) is 22.6 Å². The molecular formula is C19H27ClFN3O3. The van der Waals surface area contributed by atoms with Crippen LogP contribution < -0.4 is 5.32 Å². The lowest BCUT2D eigenvalue weighted by Gasteiger charge is -2.35. The number of hydrogen-bond donors (Lipinski definition) is 1. The van der Waals surface area contributed by atoms with E-state index in [9.17, 15) is 14.0 Å². The van der Waals surface area contributed by atoms with Gasteiger partial charge in [-0.15, -0.1) is 0 Å². The third-order valence-electron chi connectivity index (χ3n) is 4.14. The number of nitrogens with one attached hydrogen (secondary N) is 1. The van der Waals surface area contributed by atoms with Gasteiger partial charge >= 0.3 is 6.09 Å². The molecule has 0 atom stereocenters. The molecule has 1 N–H and O–H groups in total. The Hall–Kier alpha value is -1.86. The molecule has 1 saturated heterocycles. The number of carbonyl (C=O) groups excluding carboxylic acids is 2. The van der Waals surface area contributed by atoms with Crippen molar-refractivity contribution in [3.63, 3.8) is 0 Å². The second-order valence-corrected chi connectivity index (χ2v) is 7.95. The molecule has 0 aromatic heterocycles. The van der Waals surface area contributed by atoms with Gasteiger partial charge in [-0.1, -0.05) is 11.6 Å². The zero-order valence-electron chi connectivity index (χ0n) is 16.1. The van der Waals surface area contributed by atoms with Gasteiger partial charge in [0.2, 0.25) is 0 Å². The van der Waals surface area contributed by atoms with Gasteiger partial charge in [-0.25, -0.2) is 9.18 Å². The number of nitrogens with zero attached hydrogens (tertiary/aromatic N) is 2. The molecule has 27 heavy (non-hydrogen) atoms. The molecule has 0 unspecified atom stereocenters. The highest BCUT2D eigenvalue weighted by Gasteiger charge is 2.25.